The van der Waals surface area contributed by atoms with E-state index in [1.807, 2.05) is 20.8 Å². The molecule has 18 heavy (non-hydrogen) atoms. The number of carbonyl (C=O) groups excluding carboxylic acids is 1. The van der Waals surface area contributed by atoms with E-state index >= 15 is 0 Å². The number of likely N-dealkylation sites (tertiary alicyclic amines) is 1. The van der Waals surface area contributed by atoms with Crippen LogP contribution in [-0.4, -0.2) is 51.3 Å². The average Bonchev–Trinajstić information content (AvgIpc) is 2.59. The normalized spacial score (nSPS) is 24.1. The molecule has 6 nitrogen and oxygen atoms in total. The highest BCUT2D eigenvalue weighted by molar-refractivity contribution is 5.83. The Morgan fingerprint density at radius 3 is 2.56 bits per heavy atom. The lowest BCUT2D eigenvalue weighted by molar-refractivity contribution is -0.141. The van der Waals surface area contributed by atoms with E-state index in [2.05, 4.69) is 5.32 Å². The van der Waals surface area contributed by atoms with Crippen molar-refractivity contribution in [2.24, 2.45) is 0 Å². The summed E-state index contributed by atoms with van der Waals surface area (Å²) in [6.07, 6.45) is 1.08. The van der Waals surface area contributed by atoms with Crippen LogP contribution in [0, 0.1) is 0 Å². The molecule has 0 aromatic rings. The molecule has 0 aromatic carbocycles. The summed E-state index contributed by atoms with van der Waals surface area (Å²) in [6.45, 7) is 5.89. The summed E-state index contributed by atoms with van der Waals surface area (Å²) in [5.41, 5.74) is -0.373. The highest BCUT2D eigenvalue weighted by atomic mass is 16.4. The summed E-state index contributed by atoms with van der Waals surface area (Å²) in [5, 5.41) is 21.3. The number of carboxylic acids is 1. The zero-order chi connectivity index (χ0) is 13.9. The Morgan fingerprint density at radius 2 is 2.06 bits per heavy atom. The minimum atomic E-state index is -1.07. The molecule has 2 atom stereocenters. The molecule has 2 amide bonds. The molecule has 1 fully saturated rings. The van der Waals surface area contributed by atoms with Gasteiger partial charge in [-0.25, -0.2) is 9.59 Å². The van der Waals surface area contributed by atoms with Crippen molar-refractivity contribution in [2.75, 3.05) is 6.54 Å². The molecular weight excluding hydrogens is 236 g/mol. The maximum Gasteiger partial charge on any atom is 0.326 e. The van der Waals surface area contributed by atoms with Gasteiger partial charge < -0.3 is 20.4 Å². The van der Waals surface area contributed by atoms with Crippen molar-refractivity contribution in [3.63, 3.8) is 0 Å². The lowest BCUT2D eigenvalue weighted by Gasteiger charge is -2.30. The highest BCUT2D eigenvalue weighted by Gasteiger charge is 2.40. The lowest BCUT2D eigenvalue weighted by Crippen LogP contribution is -2.53. The van der Waals surface area contributed by atoms with Crippen LogP contribution in [0.3, 0.4) is 0 Å². The van der Waals surface area contributed by atoms with Crippen LogP contribution in [0.25, 0.3) is 0 Å². The van der Waals surface area contributed by atoms with Crippen LogP contribution in [-0.2, 0) is 4.79 Å². The fraction of sp³-hybridized carbons (Fsp3) is 0.833. The molecule has 0 saturated carbocycles. The standard InChI is InChI=1S/C12H22N2O4/c1-4-5-12(2,3)13-11(18)14-7-8(15)6-9(14)10(16)17/h8-9,15H,4-7H2,1-3H3,(H,13,18)(H,16,17)/t8-,9-/m0/s1. The third kappa shape index (κ3) is 3.60. The number of hydrogen-bond acceptors (Lipinski definition) is 3. The number of nitrogens with zero attached hydrogens (tertiary/aromatic N) is 1. The topological polar surface area (TPSA) is 89.9 Å². The van der Waals surface area contributed by atoms with Crippen LogP contribution in [0.2, 0.25) is 0 Å². The Kier molecular flexibility index (Phi) is 4.56. The molecule has 6 heteroatoms. The second-order valence-electron chi connectivity index (χ2n) is 5.46. The summed E-state index contributed by atoms with van der Waals surface area (Å²) in [7, 11) is 0. The lowest BCUT2D eigenvalue weighted by atomic mass is 9.99. The van der Waals surface area contributed by atoms with E-state index in [4.69, 9.17) is 5.11 Å². The van der Waals surface area contributed by atoms with Crippen molar-refractivity contribution in [2.45, 2.75) is 57.7 Å². The number of rotatable bonds is 4. The maximum absolute atomic E-state index is 12.0. The number of amides is 2. The highest BCUT2D eigenvalue weighted by Crippen LogP contribution is 2.20. The van der Waals surface area contributed by atoms with Gasteiger partial charge in [-0.1, -0.05) is 13.3 Å². The first kappa shape index (κ1) is 14.8. The van der Waals surface area contributed by atoms with Gasteiger partial charge in [-0.15, -0.1) is 0 Å². The number of nitrogens with one attached hydrogen (secondary N) is 1. The van der Waals surface area contributed by atoms with E-state index in [9.17, 15) is 14.7 Å². The number of carboxylic acid groups (broad SMARTS) is 1. The van der Waals surface area contributed by atoms with Crippen molar-refractivity contribution in [1.82, 2.24) is 10.2 Å². The van der Waals surface area contributed by atoms with Gasteiger partial charge in [0, 0.05) is 18.5 Å². The first-order valence-electron chi connectivity index (χ1n) is 6.26. The summed E-state index contributed by atoms with van der Waals surface area (Å²) < 4.78 is 0. The smallest absolute Gasteiger partial charge is 0.326 e. The molecule has 0 unspecified atom stereocenters. The van der Waals surface area contributed by atoms with Crippen molar-refractivity contribution in [3.8, 4) is 0 Å². The Bertz CT molecular complexity index is 330. The van der Waals surface area contributed by atoms with Gasteiger partial charge in [0.05, 0.1) is 6.10 Å². The molecule has 1 rings (SSSR count). The zero-order valence-corrected chi connectivity index (χ0v) is 11.1. The maximum atomic E-state index is 12.0. The molecule has 104 valence electrons. The van der Waals surface area contributed by atoms with Crippen LogP contribution in [0.1, 0.15) is 40.0 Å². The van der Waals surface area contributed by atoms with Crippen molar-refractivity contribution in [1.29, 1.82) is 0 Å². The fourth-order valence-corrected chi connectivity index (χ4v) is 2.32. The monoisotopic (exact) mass is 258 g/mol. The summed E-state index contributed by atoms with van der Waals surface area (Å²) in [4.78, 5) is 24.3. The number of carbonyl (C=O) groups is 2. The second-order valence-corrected chi connectivity index (χ2v) is 5.46. The summed E-state index contributed by atoms with van der Waals surface area (Å²) in [5.74, 6) is -1.07. The molecule has 1 aliphatic rings. The van der Waals surface area contributed by atoms with Crippen LogP contribution in [0.15, 0.2) is 0 Å². The minimum absolute atomic E-state index is 0.0744. The first-order chi connectivity index (χ1) is 8.26. The van der Waals surface area contributed by atoms with Gasteiger partial charge >= 0.3 is 12.0 Å². The molecule has 3 N–H and O–H groups in total. The Balaban J connectivity index is 2.68. The number of urea groups is 1. The number of aliphatic hydroxyl groups excluding tert-OH is 1. The molecule has 1 saturated heterocycles. The van der Waals surface area contributed by atoms with Gasteiger partial charge in [-0.05, 0) is 20.3 Å². The van der Waals surface area contributed by atoms with Crippen LogP contribution in [0.4, 0.5) is 4.79 Å². The molecule has 0 bridgehead atoms. The van der Waals surface area contributed by atoms with Gasteiger partial charge in [0.1, 0.15) is 6.04 Å². The second kappa shape index (κ2) is 5.56. The Hall–Kier alpha value is -1.30. The molecule has 0 spiro atoms. The van der Waals surface area contributed by atoms with E-state index < -0.39 is 24.1 Å². The molecular formula is C12H22N2O4. The van der Waals surface area contributed by atoms with E-state index in [1.165, 1.54) is 4.90 Å². The van der Waals surface area contributed by atoms with Crippen molar-refractivity contribution in [3.05, 3.63) is 0 Å². The van der Waals surface area contributed by atoms with Crippen LogP contribution in [0.5, 0.6) is 0 Å². The summed E-state index contributed by atoms with van der Waals surface area (Å²) in [6, 6.07) is -1.35. The van der Waals surface area contributed by atoms with Gasteiger partial charge in [-0.3, -0.25) is 0 Å². The van der Waals surface area contributed by atoms with Crippen LogP contribution < -0.4 is 5.32 Å². The molecule has 0 aliphatic carbocycles. The Labute approximate surface area is 107 Å². The number of hydrogen-bond donors (Lipinski definition) is 3. The van der Waals surface area contributed by atoms with Crippen molar-refractivity contribution < 1.29 is 19.8 Å². The van der Waals surface area contributed by atoms with Gasteiger partial charge in [0.25, 0.3) is 0 Å². The summed E-state index contributed by atoms with van der Waals surface area (Å²) >= 11 is 0. The van der Waals surface area contributed by atoms with Crippen molar-refractivity contribution >= 4 is 12.0 Å². The largest absolute Gasteiger partial charge is 0.480 e. The molecule has 0 radical (unpaired) electrons. The van der Waals surface area contributed by atoms with E-state index in [-0.39, 0.29) is 18.5 Å². The van der Waals surface area contributed by atoms with E-state index in [0.29, 0.717) is 0 Å². The van der Waals surface area contributed by atoms with Gasteiger partial charge in [0.15, 0.2) is 0 Å². The fourth-order valence-electron chi connectivity index (χ4n) is 2.32. The van der Waals surface area contributed by atoms with Gasteiger partial charge in [-0.2, -0.15) is 0 Å². The molecule has 0 aromatic heterocycles. The third-order valence-electron chi connectivity index (χ3n) is 3.15. The predicted molar refractivity (Wildman–Crippen MR) is 66.3 cm³/mol. The van der Waals surface area contributed by atoms with Gasteiger partial charge in [0.2, 0.25) is 0 Å². The average molecular weight is 258 g/mol. The minimum Gasteiger partial charge on any atom is -0.480 e. The predicted octanol–water partition coefficient (Wildman–Crippen LogP) is 0.794. The number of β-amino-alcohol motifs (C(OH)–C–C–N with tert-alkyl or cyclic N) is 1. The first-order valence-corrected chi connectivity index (χ1v) is 6.26. The SMILES string of the molecule is CCCC(C)(C)NC(=O)N1C[C@@H](O)C[C@H]1C(=O)O. The van der Waals surface area contributed by atoms with E-state index in [1.54, 1.807) is 0 Å². The van der Waals surface area contributed by atoms with Crippen LogP contribution >= 0.6 is 0 Å². The molecule has 1 heterocycles. The quantitative estimate of drug-likeness (QED) is 0.695. The number of aliphatic carboxylic acids is 1. The molecule has 1 aliphatic heterocycles. The Morgan fingerprint density at radius 1 is 1.44 bits per heavy atom. The third-order valence-corrected chi connectivity index (χ3v) is 3.15. The zero-order valence-electron chi connectivity index (χ0n) is 11.1. The van der Waals surface area contributed by atoms with E-state index in [0.717, 1.165) is 12.8 Å². The number of aliphatic hydroxyl groups is 1.